The number of carbonyl (C=O) groups is 1. The Balaban J connectivity index is 1.80. The first kappa shape index (κ1) is 23.1. The van der Waals surface area contributed by atoms with Crippen molar-refractivity contribution in [2.45, 2.75) is 13.0 Å². The molecule has 2 aromatic carbocycles. The number of rotatable bonds is 5. The zero-order valence-electron chi connectivity index (χ0n) is 19.5. The van der Waals surface area contributed by atoms with E-state index in [0.717, 1.165) is 21.2 Å². The van der Waals surface area contributed by atoms with Crippen molar-refractivity contribution >= 4 is 45.5 Å². The quantitative estimate of drug-likeness (QED) is 0.386. The summed E-state index contributed by atoms with van der Waals surface area (Å²) in [7, 11) is 4.55. The minimum absolute atomic E-state index is 0.233. The molecule has 0 N–H and O–H groups in total. The highest BCUT2D eigenvalue weighted by Crippen LogP contribution is 2.34. The van der Waals surface area contributed by atoms with E-state index < -0.39 is 12.0 Å². The van der Waals surface area contributed by atoms with Crippen LogP contribution in [0.4, 0.5) is 0 Å². The SMILES string of the molecule is COC(=O)C1=C(C)N=c2sc(=Cc3c(OC)ccc4ccc(OC)cc34)c(=O)n2C1c1cccs1. The van der Waals surface area contributed by atoms with Gasteiger partial charge in [-0.2, -0.15) is 0 Å². The molecule has 0 saturated heterocycles. The fourth-order valence-corrected chi connectivity index (χ4v) is 6.15. The first-order valence-corrected chi connectivity index (χ1v) is 12.5. The number of hydrogen-bond acceptors (Lipinski definition) is 8. The third kappa shape index (κ3) is 3.86. The zero-order valence-corrected chi connectivity index (χ0v) is 21.2. The van der Waals surface area contributed by atoms with Gasteiger partial charge < -0.3 is 14.2 Å². The summed E-state index contributed by atoms with van der Waals surface area (Å²) in [6.45, 7) is 1.77. The molecule has 0 bridgehead atoms. The van der Waals surface area contributed by atoms with Gasteiger partial charge in [-0.15, -0.1) is 11.3 Å². The smallest absolute Gasteiger partial charge is 0.338 e. The van der Waals surface area contributed by atoms with Crippen LogP contribution in [-0.2, 0) is 9.53 Å². The van der Waals surface area contributed by atoms with E-state index in [1.807, 2.05) is 53.9 Å². The van der Waals surface area contributed by atoms with Crippen molar-refractivity contribution in [3.8, 4) is 11.5 Å². The van der Waals surface area contributed by atoms with E-state index in [-0.39, 0.29) is 5.56 Å². The lowest BCUT2D eigenvalue weighted by molar-refractivity contribution is -0.136. The Bertz CT molecular complexity index is 1660. The van der Waals surface area contributed by atoms with Crippen molar-refractivity contribution in [2.75, 3.05) is 21.3 Å². The van der Waals surface area contributed by atoms with E-state index in [1.165, 1.54) is 29.8 Å². The highest BCUT2D eigenvalue weighted by atomic mass is 32.1. The van der Waals surface area contributed by atoms with Gasteiger partial charge in [0.05, 0.1) is 37.1 Å². The first-order valence-electron chi connectivity index (χ1n) is 10.8. The van der Waals surface area contributed by atoms with E-state index in [4.69, 9.17) is 14.2 Å². The molecule has 9 heteroatoms. The Hall–Kier alpha value is -3.69. The maximum atomic E-state index is 13.8. The molecular weight excluding hydrogens is 484 g/mol. The maximum absolute atomic E-state index is 13.8. The van der Waals surface area contributed by atoms with Crippen LogP contribution in [0.5, 0.6) is 11.5 Å². The van der Waals surface area contributed by atoms with Crippen LogP contribution in [0.25, 0.3) is 16.8 Å². The van der Waals surface area contributed by atoms with Crippen LogP contribution >= 0.6 is 22.7 Å². The van der Waals surface area contributed by atoms with Crippen molar-refractivity contribution < 1.29 is 19.0 Å². The second-order valence-corrected chi connectivity index (χ2v) is 9.85. The van der Waals surface area contributed by atoms with Crippen LogP contribution in [0.3, 0.4) is 0 Å². The molecule has 0 aliphatic carbocycles. The molecule has 3 heterocycles. The molecule has 0 amide bonds. The predicted octanol–water partition coefficient (Wildman–Crippen LogP) is 3.64. The number of fused-ring (bicyclic) bond motifs is 2. The minimum atomic E-state index is -0.602. The van der Waals surface area contributed by atoms with Crippen LogP contribution in [-0.4, -0.2) is 31.9 Å². The number of nitrogens with zero attached hydrogens (tertiary/aromatic N) is 2. The molecule has 35 heavy (non-hydrogen) atoms. The fraction of sp³-hybridized carbons (Fsp3) is 0.192. The Morgan fingerprint density at radius 1 is 1.11 bits per heavy atom. The Morgan fingerprint density at radius 2 is 1.91 bits per heavy atom. The number of thiophene rings is 1. The van der Waals surface area contributed by atoms with Crippen molar-refractivity contribution in [2.24, 2.45) is 4.99 Å². The van der Waals surface area contributed by atoms with Crippen molar-refractivity contribution in [1.82, 2.24) is 4.57 Å². The van der Waals surface area contributed by atoms with Gasteiger partial charge >= 0.3 is 5.97 Å². The number of esters is 1. The van der Waals surface area contributed by atoms with Crippen molar-refractivity contribution in [1.29, 1.82) is 0 Å². The average molecular weight is 507 g/mol. The lowest BCUT2D eigenvalue weighted by Gasteiger charge is -2.22. The number of benzene rings is 2. The lowest BCUT2D eigenvalue weighted by atomic mass is 10.0. The van der Waals surface area contributed by atoms with Crippen LogP contribution < -0.4 is 24.4 Å². The lowest BCUT2D eigenvalue weighted by Crippen LogP contribution is -2.39. The number of methoxy groups -OCH3 is 3. The highest BCUT2D eigenvalue weighted by Gasteiger charge is 2.33. The molecule has 7 nitrogen and oxygen atoms in total. The summed E-state index contributed by atoms with van der Waals surface area (Å²) in [6.07, 6.45) is 1.83. The molecule has 2 aromatic heterocycles. The van der Waals surface area contributed by atoms with E-state index in [9.17, 15) is 9.59 Å². The second kappa shape index (κ2) is 9.16. The number of carbonyl (C=O) groups excluding carboxylic acids is 1. The molecule has 5 rings (SSSR count). The summed E-state index contributed by atoms with van der Waals surface area (Å²) < 4.78 is 18.2. The second-order valence-electron chi connectivity index (χ2n) is 7.86. The maximum Gasteiger partial charge on any atom is 0.338 e. The largest absolute Gasteiger partial charge is 0.497 e. The topological polar surface area (TPSA) is 79.1 Å². The Morgan fingerprint density at radius 3 is 2.60 bits per heavy atom. The van der Waals surface area contributed by atoms with Gasteiger partial charge in [0.25, 0.3) is 5.56 Å². The predicted molar refractivity (Wildman–Crippen MR) is 137 cm³/mol. The molecule has 1 aliphatic heterocycles. The Labute approximate surface area is 208 Å². The van der Waals surface area contributed by atoms with Gasteiger partial charge in [-0.1, -0.05) is 29.5 Å². The third-order valence-corrected chi connectivity index (χ3v) is 7.87. The van der Waals surface area contributed by atoms with Crippen LogP contribution in [0, 0.1) is 0 Å². The van der Waals surface area contributed by atoms with Gasteiger partial charge in [0.15, 0.2) is 4.80 Å². The first-order chi connectivity index (χ1) is 17.0. The van der Waals surface area contributed by atoms with Crippen LogP contribution in [0.15, 0.2) is 68.9 Å². The molecule has 0 radical (unpaired) electrons. The van der Waals surface area contributed by atoms with Gasteiger partial charge in [-0.3, -0.25) is 9.36 Å². The van der Waals surface area contributed by atoms with Gasteiger partial charge in [-0.05, 0) is 53.4 Å². The summed E-state index contributed by atoms with van der Waals surface area (Å²) in [6, 6.07) is 12.8. The number of thiazole rings is 1. The Kier molecular flexibility index (Phi) is 6.04. The summed E-state index contributed by atoms with van der Waals surface area (Å²) >= 11 is 2.76. The number of ether oxygens (including phenoxy) is 3. The highest BCUT2D eigenvalue weighted by molar-refractivity contribution is 7.10. The van der Waals surface area contributed by atoms with Crippen LogP contribution in [0.2, 0.25) is 0 Å². The minimum Gasteiger partial charge on any atom is -0.497 e. The molecule has 1 atom stereocenters. The molecule has 1 unspecified atom stereocenters. The fourth-order valence-electron chi connectivity index (χ4n) is 4.30. The van der Waals surface area contributed by atoms with E-state index in [2.05, 4.69) is 4.99 Å². The van der Waals surface area contributed by atoms with Gasteiger partial charge in [0.1, 0.15) is 17.5 Å². The molecular formula is C26H22N2O5S2. The average Bonchev–Trinajstić information content (AvgIpc) is 3.51. The van der Waals surface area contributed by atoms with Gasteiger partial charge in [0.2, 0.25) is 0 Å². The number of allylic oxidation sites excluding steroid dienone is 1. The summed E-state index contributed by atoms with van der Waals surface area (Å²) in [4.78, 5) is 32.5. The van der Waals surface area contributed by atoms with Crippen molar-refractivity contribution in [3.63, 3.8) is 0 Å². The molecule has 1 aliphatic rings. The van der Waals surface area contributed by atoms with E-state index in [0.29, 0.717) is 32.1 Å². The molecule has 178 valence electrons. The van der Waals surface area contributed by atoms with Crippen LogP contribution in [0.1, 0.15) is 23.4 Å². The van der Waals surface area contributed by atoms with Gasteiger partial charge in [-0.25, -0.2) is 9.79 Å². The monoisotopic (exact) mass is 506 g/mol. The standard InChI is InChI=1S/C26H22N2O5S2/c1-14-22(25(30)33-4)23(20-6-5-11-34-20)28-24(29)21(35-26(28)27-14)13-18-17-12-16(31-2)9-7-15(17)8-10-19(18)32-3/h5-13,23H,1-4H3. The van der Waals surface area contributed by atoms with E-state index in [1.54, 1.807) is 25.7 Å². The summed E-state index contributed by atoms with van der Waals surface area (Å²) in [5, 5.41) is 3.81. The summed E-state index contributed by atoms with van der Waals surface area (Å²) in [5.74, 6) is 0.845. The number of aromatic nitrogens is 1. The number of hydrogen-bond donors (Lipinski definition) is 0. The normalized spacial score (nSPS) is 15.7. The zero-order chi connectivity index (χ0) is 24.7. The molecule has 0 fully saturated rings. The summed E-state index contributed by atoms with van der Waals surface area (Å²) in [5.41, 5.74) is 1.44. The molecule has 0 saturated carbocycles. The molecule has 4 aromatic rings. The van der Waals surface area contributed by atoms with Gasteiger partial charge in [0, 0.05) is 10.4 Å². The van der Waals surface area contributed by atoms with Crippen molar-refractivity contribution in [3.05, 3.63) is 89.2 Å². The van der Waals surface area contributed by atoms with E-state index >= 15 is 0 Å². The third-order valence-electron chi connectivity index (χ3n) is 5.97. The molecule has 0 spiro atoms.